The summed E-state index contributed by atoms with van der Waals surface area (Å²) in [4.78, 5) is 31.9. The second-order valence-electron chi connectivity index (χ2n) is 6.21. The maximum Gasteiger partial charge on any atom is 0.317 e. The van der Waals surface area contributed by atoms with Crippen molar-refractivity contribution in [3.8, 4) is 0 Å². The summed E-state index contributed by atoms with van der Waals surface area (Å²) in [5.41, 5.74) is 6.55. The number of nitrogens with one attached hydrogen (secondary N) is 1. The highest BCUT2D eigenvalue weighted by Crippen LogP contribution is 2.34. The van der Waals surface area contributed by atoms with Gasteiger partial charge in [-0.1, -0.05) is 18.2 Å². The van der Waals surface area contributed by atoms with E-state index in [2.05, 4.69) is 15.2 Å². The number of anilines is 1. The summed E-state index contributed by atoms with van der Waals surface area (Å²) in [5.74, 6) is 0.255. The smallest absolute Gasteiger partial charge is 0.317 e. The van der Waals surface area contributed by atoms with Crippen molar-refractivity contribution in [2.75, 3.05) is 31.6 Å². The number of pyridine rings is 1. The molecule has 0 radical (unpaired) electrons. The number of nitrogens with zero attached hydrogens (tertiary/aromatic N) is 3. The van der Waals surface area contributed by atoms with E-state index in [9.17, 15) is 9.59 Å². The summed E-state index contributed by atoms with van der Waals surface area (Å²) in [6.07, 6.45) is 0. The van der Waals surface area contributed by atoms with Gasteiger partial charge < -0.3 is 20.9 Å². The summed E-state index contributed by atoms with van der Waals surface area (Å²) < 4.78 is 0. The van der Waals surface area contributed by atoms with E-state index in [1.807, 2.05) is 31.3 Å². The number of primary amides is 1. The van der Waals surface area contributed by atoms with Gasteiger partial charge in [0, 0.05) is 32.1 Å². The minimum absolute atomic E-state index is 0.0473. The van der Waals surface area contributed by atoms with Gasteiger partial charge in [0.2, 0.25) is 5.91 Å². The number of likely N-dealkylation sites (N-methyl/N-ethyl adjacent to an activating group) is 1. The van der Waals surface area contributed by atoms with Gasteiger partial charge in [-0.3, -0.25) is 4.79 Å². The van der Waals surface area contributed by atoms with E-state index in [-0.39, 0.29) is 11.6 Å². The number of carbonyl (C=O) groups is 2. The largest absolute Gasteiger partial charge is 0.366 e. The van der Waals surface area contributed by atoms with Crippen molar-refractivity contribution in [1.29, 1.82) is 0 Å². The van der Waals surface area contributed by atoms with Crippen molar-refractivity contribution < 1.29 is 9.59 Å². The summed E-state index contributed by atoms with van der Waals surface area (Å²) in [7, 11) is 1.81. The molecule has 2 aliphatic rings. The summed E-state index contributed by atoms with van der Waals surface area (Å²) in [5, 5.41) is 3.62. The third-order valence-corrected chi connectivity index (χ3v) is 4.85. The van der Waals surface area contributed by atoms with Gasteiger partial charge in [0.1, 0.15) is 5.82 Å². The van der Waals surface area contributed by atoms with Crippen LogP contribution in [0.15, 0.2) is 30.3 Å². The van der Waals surface area contributed by atoms with Crippen LogP contribution in [0.4, 0.5) is 10.6 Å². The molecular weight excluding hydrogens is 294 g/mol. The molecule has 0 unspecified atom stereocenters. The van der Waals surface area contributed by atoms with Gasteiger partial charge in [0.25, 0.3) is 0 Å². The lowest BCUT2D eigenvalue weighted by Gasteiger charge is -2.51. The molecule has 23 heavy (non-hydrogen) atoms. The number of amides is 3. The van der Waals surface area contributed by atoms with Crippen LogP contribution in [-0.2, 0) is 0 Å². The molecule has 2 aromatic rings. The molecule has 1 aromatic carbocycles. The first-order chi connectivity index (χ1) is 11.0. The molecule has 3 N–H and O–H groups in total. The molecule has 1 aromatic heterocycles. The maximum absolute atomic E-state index is 11.8. The average Bonchev–Trinajstić information content (AvgIpc) is 2.81. The first-order valence-corrected chi connectivity index (χ1v) is 7.46. The molecule has 0 atom stereocenters. The van der Waals surface area contributed by atoms with Crippen molar-refractivity contribution in [2.45, 2.75) is 5.54 Å². The molecule has 2 aliphatic heterocycles. The van der Waals surface area contributed by atoms with Crippen LogP contribution in [0.3, 0.4) is 0 Å². The number of aromatic nitrogens is 1. The SMILES string of the molecule is CN1C(=O)NCC12CN(c1cc(C(N)=O)c3ccccc3n1)C2. The topological polar surface area (TPSA) is 91.6 Å². The van der Waals surface area contributed by atoms with Crippen LogP contribution in [0.25, 0.3) is 10.9 Å². The predicted octanol–water partition coefficient (Wildman–Crippen LogP) is 0.547. The normalized spacial score (nSPS) is 19.1. The molecule has 4 rings (SSSR count). The van der Waals surface area contributed by atoms with Crippen molar-refractivity contribution in [3.05, 3.63) is 35.9 Å². The maximum atomic E-state index is 11.8. The Morgan fingerprint density at radius 1 is 1.35 bits per heavy atom. The van der Waals surface area contributed by atoms with Crippen LogP contribution in [0, 0.1) is 0 Å². The predicted molar refractivity (Wildman–Crippen MR) is 86.4 cm³/mol. The molecule has 0 saturated carbocycles. The second kappa shape index (κ2) is 4.58. The zero-order valence-electron chi connectivity index (χ0n) is 12.7. The number of carbonyl (C=O) groups excluding carboxylic acids is 2. The van der Waals surface area contributed by atoms with Gasteiger partial charge in [-0.05, 0) is 12.1 Å². The van der Waals surface area contributed by atoms with Crippen molar-refractivity contribution in [2.24, 2.45) is 5.73 Å². The lowest BCUT2D eigenvalue weighted by molar-refractivity contribution is 0.100. The standard InChI is InChI=1S/C16H17N5O2/c1-20-15(23)18-7-16(20)8-21(9-16)13-6-11(14(17)22)10-4-2-3-5-12(10)19-13/h2-6H,7-9H2,1H3,(H2,17,22)(H,18,23). The van der Waals surface area contributed by atoms with Crippen molar-refractivity contribution >= 4 is 28.7 Å². The third-order valence-electron chi connectivity index (χ3n) is 4.85. The van der Waals surface area contributed by atoms with E-state index in [1.165, 1.54) is 0 Å². The Balaban J connectivity index is 1.69. The van der Waals surface area contributed by atoms with Gasteiger partial charge >= 0.3 is 6.03 Å². The minimum Gasteiger partial charge on any atom is -0.366 e. The molecule has 1 spiro atoms. The van der Waals surface area contributed by atoms with Crippen LogP contribution in [0.5, 0.6) is 0 Å². The molecule has 7 heteroatoms. The van der Waals surface area contributed by atoms with Crippen molar-refractivity contribution in [1.82, 2.24) is 15.2 Å². The Hall–Kier alpha value is -2.83. The Labute approximate surface area is 133 Å². The number of fused-ring (bicyclic) bond motifs is 1. The van der Waals surface area contributed by atoms with E-state index in [1.54, 1.807) is 11.0 Å². The lowest BCUT2D eigenvalue weighted by atomic mass is 9.89. The summed E-state index contributed by atoms with van der Waals surface area (Å²) in [6.45, 7) is 2.01. The lowest BCUT2D eigenvalue weighted by Crippen LogP contribution is -2.69. The third kappa shape index (κ3) is 1.93. The quantitative estimate of drug-likeness (QED) is 0.847. The number of urea groups is 1. The molecule has 7 nitrogen and oxygen atoms in total. The van der Waals surface area contributed by atoms with Gasteiger partial charge in [-0.15, -0.1) is 0 Å². The minimum atomic E-state index is -0.463. The zero-order chi connectivity index (χ0) is 16.2. The zero-order valence-corrected chi connectivity index (χ0v) is 12.7. The highest BCUT2D eigenvalue weighted by molar-refractivity contribution is 6.06. The van der Waals surface area contributed by atoms with Gasteiger partial charge in [0.05, 0.1) is 16.6 Å². The monoisotopic (exact) mass is 311 g/mol. The number of hydrogen-bond acceptors (Lipinski definition) is 4. The molecule has 2 fully saturated rings. The number of benzene rings is 1. The average molecular weight is 311 g/mol. The van der Waals surface area contributed by atoms with Crippen LogP contribution in [0.1, 0.15) is 10.4 Å². The van der Waals surface area contributed by atoms with Crippen LogP contribution >= 0.6 is 0 Å². The summed E-state index contributed by atoms with van der Waals surface area (Å²) in [6, 6.07) is 9.15. The van der Waals surface area contributed by atoms with Crippen LogP contribution < -0.4 is 16.0 Å². The second-order valence-corrected chi connectivity index (χ2v) is 6.21. The Kier molecular flexibility index (Phi) is 2.75. The molecule has 2 saturated heterocycles. The van der Waals surface area contributed by atoms with E-state index in [4.69, 9.17) is 5.73 Å². The molecule has 3 heterocycles. The highest BCUT2D eigenvalue weighted by Gasteiger charge is 2.52. The number of rotatable bonds is 2. The van der Waals surface area contributed by atoms with E-state index < -0.39 is 5.91 Å². The Bertz CT molecular complexity index is 828. The fourth-order valence-electron chi connectivity index (χ4n) is 3.37. The van der Waals surface area contributed by atoms with E-state index >= 15 is 0 Å². The molecule has 0 bridgehead atoms. The molecule has 118 valence electrons. The number of hydrogen-bond donors (Lipinski definition) is 2. The molecule has 3 amide bonds. The van der Waals surface area contributed by atoms with Crippen LogP contribution in [0.2, 0.25) is 0 Å². The van der Waals surface area contributed by atoms with Gasteiger partial charge in [0.15, 0.2) is 0 Å². The van der Waals surface area contributed by atoms with E-state index in [0.29, 0.717) is 25.2 Å². The molecule has 0 aliphatic carbocycles. The number of para-hydroxylation sites is 1. The van der Waals surface area contributed by atoms with Gasteiger partial charge in [-0.25, -0.2) is 9.78 Å². The van der Waals surface area contributed by atoms with E-state index in [0.717, 1.165) is 16.7 Å². The fourth-order valence-corrected chi connectivity index (χ4v) is 3.37. The molecular formula is C16H17N5O2. The fraction of sp³-hybridized carbons (Fsp3) is 0.312. The first-order valence-electron chi connectivity index (χ1n) is 7.46. The highest BCUT2D eigenvalue weighted by atomic mass is 16.2. The Morgan fingerprint density at radius 2 is 2.09 bits per heavy atom. The Morgan fingerprint density at radius 3 is 2.74 bits per heavy atom. The summed E-state index contributed by atoms with van der Waals surface area (Å²) >= 11 is 0. The van der Waals surface area contributed by atoms with Crippen LogP contribution in [-0.4, -0.2) is 54.0 Å². The van der Waals surface area contributed by atoms with Gasteiger partial charge in [-0.2, -0.15) is 0 Å². The number of nitrogens with two attached hydrogens (primary N) is 1. The first kappa shape index (κ1) is 13.8. The van der Waals surface area contributed by atoms with Crippen molar-refractivity contribution in [3.63, 3.8) is 0 Å².